The molecule has 0 atom stereocenters. The van der Waals surface area contributed by atoms with Gasteiger partial charge in [0, 0.05) is 35.7 Å². The average molecular weight is 402 g/mol. The molecule has 0 aliphatic heterocycles. The lowest BCUT2D eigenvalue weighted by atomic mass is 10.2. The molecule has 0 heterocycles. The smallest absolute Gasteiger partial charge is 0.248 e. The molecule has 2 rings (SSSR count). The van der Waals surface area contributed by atoms with Crippen LogP contribution < -0.4 is 14.9 Å². The Morgan fingerprint density at radius 3 is 2.11 bits per heavy atom. The van der Waals surface area contributed by atoms with Crippen molar-refractivity contribution < 1.29 is 13.2 Å². The van der Waals surface area contributed by atoms with E-state index in [2.05, 4.69) is 35.7 Å². The average Bonchev–Trinajstić information content (AvgIpc) is 2.61. The van der Waals surface area contributed by atoms with E-state index in [0.29, 0.717) is 11.7 Å². The Morgan fingerprint density at radius 2 is 1.61 bits per heavy atom. The Morgan fingerprint density at radius 1 is 1.04 bits per heavy atom. The Bertz CT molecular complexity index is 918. The highest BCUT2D eigenvalue weighted by molar-refractivity contribution is 7.92. The van der Waals surface area contributed by atoms with E-state index in [1.54, 1.807) is 30.3 Å². The Balaban J connectivity index is 1.96. The molecule has 0 aliphatic rings. The van der Waals surface area contributed by atoms with Gasteiger partial charge in [-0.3, -0.25) is 9.52 Å². The van der Waals surface area contributed by atoms with Crippen LogP contribution in [0.4, 0.5) is 17.1 Å². The summed E-state index contributed by atoms with van der Waals surface area (Å²) in [6.45, 7) is 7.33. The van der Waals surface area contributed by atoms with Crippen LogP contribution in [0, 0.1) is 0 Å². The molecule has 1 amide bonds. The quantitative estimate of drug-likeness (QED) is 0.657. The van der Waals surface area contributed by atoms with Crippen molar-refractivity contribution in [3.8, 4) is 0 Å². The molecule has 28 heavy (non-hydrogen) atoms. The molecule has 0 aliphatic carbocycles. The van der Waals surface area contributed by atoms with Gasteiger partial charge in [0.05, 0.1) is 6.26 Å². The summed E-state index contributed by atoms with van der Waals surface area (Å²) in [5, 5.41) is 2.83. The van der Waals surface area contributed by atoms with E-state index in [0.717, 1.165) is 29.7 Å². The van der Waals surface area contributed by atoms with Crippen molar-refractivity contribution in [1.29, 1.82) is 0 Å². The van der Waals surface area contributed by atoms with Gasteiger partial charge in [-0.25, -0.2) is 8.42 Å². The number of benzene rings is 2. The maximum Gasteiger partial charge on any atom is 0.248 e. The predicted molar refractivity (Wildman–Crippen MR) is 117 cm³/mol. The van der Waals surface area contributed by atoms with Crippen LogP contribution in [-0.2, 0) is 14.8 Å². The molecular weight excluding hydrogens is 374 g/mol. The second kappa shape index (κ2) is 9.41. The monoisotopic (exact) mass is 401 g/mol. The molecule has 0 saturated heterocycles. The summed E-state index contributed by atoms with van der Waals surface area (Å²) >= 11 is 0. The SMILES string of the molecule is CCN(c1ccc(NC(=O)/C=C/c2ccc(NS(C)(=O)=O)cc2)cc1)C(C)C. The lowest BCUT2D eigenvalue weighted by Gasteiger charge is -2.27. The highest BCUT2D eigenvalue weighted by Crippen LogP contribution is 2.20. The maximum absolute atomic E-state index is 12.1. The highest BCUT2D eigenvalue weighted by Gasteiger charge is 2.08. The summed E-state index contributed by atoms with van der Waals surface area (Å²) in [4.78, 5) is 14.4. The number of hydrogen-bond donors (Lipinski definition) is 2. The minimum absolute atomic E-state index is 0.234. The first-order valence-electron chi connectivity index (χ1n) is 9.11. The number of nitrogens with one attached hydrogen (secondary N) is 2. The van der Waals surface area contributed by atoms with Crippen LogP contribution in [0.25, 0.3) is 6.08 Å². The van der Waals surface area contributed by atoms with Crippen molar-refractivity contribution in [3.05, 3.63) is 60.2 Å². The molecule has 2 N–H and O–H groups in total. The van der Waals surface area contributed by atoms with Crippen molar-refractivity contribution in [2.45, 2.75) is 26.8 Å². The minimum atomic E-state index is -3.30. The van der Waals surface area contributed by atoms with Gasteiger partial charge in [0.15, 0.2) is 0 Å². The third-order valence-corrected chi connectivity index (χ3v) is 4.68. The van der Waals surface area contributed by atoms with Gasteiger partial charge < -0.3 is 10.2 Å². The fourth-order valence-corrected chi connectivity index (χ4v) is 3.38. The molecular formula is C21H27N3O3S. The first-order valence-corrected chi connectivity index (χ1v) is 11.0. The zero-order chi connectivity index (χ0) is 20.7. The molecule has 2 aromatic carbocycles. The number of anilines is 3. The summed E-state index contributed by atoms with van der Waals surface area (Å²) in [6.07, 6.45) is 4.21. The van der Waals surface area contributed by atoms with E-state index in [4.69, 9.17) is 0 Å². The van der Waals surface area contributed by atoms with Crippen molar-refractivity contribution in [3.63, 3.8) is 0 Å². The van der Waals surface area contributed by atoms with E-state index in [1.807, 2.05) is 24.3 Å². The number of amides is 1. The molecule has 150 valence electrons. The van der Waals surface area contributed by atoms with Gasteiger partial charge in [-0.05, 0) is 68.8 Å². The van der Waals surface area contributed by atoms with Gasteiger partial charge in [0.2, 0.25) is 15.9 Å². The first-order chi connectivity index (χ1) is 13.2. The number of carbonyl (C=O) groups is 1. The largest absolute Gasteiger partial charge is 0.369 e. The lowest BCUT2D eigenvalue weighted by Crippen LogP contribution is -2.30. The molecule has 2 aromatic rings. The topological polar surface area (TPSA) is 78.5 Å². The minimum Gasteiger partial charge on any atom is -0.369 e. The third-order valence-electron chi connectivity index (χ3n) is 4.07. The normalized spacial score (nSPS) is 11.6. The zero-order valence-corrected chi connectivity index (χ0v) is 17.5. The molecule has 0 spiro atoms. The molecule has 0 aromatic heterocycles. The number of hydrogen-bond acceptors (Lipinski definition) is 4. The molecule has 0 bridgehead atoms. The van der Waals surface area contributed by atoms with Crippen LogP contribution in [0.1, 0.15) is 26.3 Å². The summed E-state index contributed by atoms with van der Waals surface area (Å²) in [7, 11) is -3.30. The van der Waals surface area contributed by atoms with Crippen LogP contribution in [0.5, 0.6) is 0 Å². The van der Waals surface area contributed by atoms with Crippen molar-refractivity contribution >= 4 is 39.1 Å². The van der Waals surface area contributed by atoms with Crippen LogP contribution in [-0.4, -0.2) is 33.2 Å². The van der Waals surface area contributed by atoms with Gasteiger partial charge >= 0.3 is 0 Å². The van der Waals surface area contributed by atoms with Gasteiger partial charge in [-0.15, -0.1) is 0 Å². The molecule has 0 saturated carbocycles. The van der Waals surface area contributed by atoms with Crippen molar-refractivity contribution in [1.82, 2.24) is 0 Å². The number of sulfonamides is 1. The first kappa shape index (κ1) is 21.5. The predicted octanol–water partition coefficient (Wildman–Crippen LogP) is 3.94. The van der Waals surface area contributed by atoms with Crippen LogP contribution >= 0.6 is 0 Å². The summed E-state index contributed by atoms with van der Waals surface area (Å²) in [6, 6.07) is 14.9. The third kappa shape index (κ3) is 6.74. The zero-order valence-electron chi connectivity index (χ0n) is 16.6. The van der Waals surface area contributed by atoms with Gasteiger partial charge in [-0.1, -0.05) is 12.1 Å². The lowest BCUT2D eigenvalue weighted by molar-refractivity contribution is -0.111. The van der Waals surface area contributed by atoms with E-state index < -0.39 is 10.0 Å². The Kier molecular flexibility index (Phi) is 7.23. The molecule has 7 heteroatoms. The maximum atomic E-state index is 12.1. The Labute approximate surface area is 167 Å². The van der Waals surface area contributed by atoms with Gasteiger partial charge in [0.1, 0.15) is 0 Å². The van der Waals surface area contributed by atoms with Crippen LogP contribution in [0.3, 0.4) is 0 Å². The van der Waals surface area contributed by atoms with E-state index in [1.165, 1.54) is 6.08 Å². The van der Waals surface area contributed by atoms with Gasteiger partial charge in [0.25, 0.3) is 0 Å². The number of rotatable bonds is 8. The van der Waals surface area contributed by atoms with Crippen molar-refractivity contribution in [2.75, 3.05) is 27.7 Å². The molecule has 0 fully saturated rings. The summed E-state index contributed by atoms with van der Waals surface area (Å²) in [5.41, 5.74) is 3.12. The van der Waals surface area contributed by atoms with Gasteiger partial charge in [-0.2, -0.15) is 0 Å². The van der Waals surface area contributed by atoms with E-state index >= 15 is 0 Å². The molecule has 6 nitrogen and oxygen atoms in total. The van der Waals surface area contributed by atoms with E-state index in [-0.39, 0.29) is 5.91 Å². The summed E-state index contributed by atoms with van der Waals surface area (Å²) < 4.78 is 24.8. The Hall–Kier alpha value is -2.80. The van der Waals surface area contributed by atoms with Crippen molar-refractivity contribution in [2.24, 2.45) is 0 Å². The number of nitrogens with zero attached hydrogens (tertiary/aromatic N) is 1. The second-order valence-corrected chi connectivity index (χ2v) is 8.49. The van der Waals surface area contributed by atoms with Crippen LogP contribution in [0.15, 0.2) is 54.6 Å². The fourth-order valence-electron chi connectivity index (χ4n) is 2.81. The van der Waals surface area contributed by atoms with E-state index in [9.17, 15) is 13.2 Å². The molecule has 0 unspecified atom stereocenters. The fraction of sp³-hybridized carbons (Fsp3) is 0.286. The highest BCUT2D eigenvalue weighted by atomic mass is 32.2. The second-order valence-electron chi connectivity index (χ2n) is 6.75. The molecule has 0 radical (unpaired) electrons. The summed E-state index contributed by atoms with van der Waals surface area (Å²) in [5.74, 6) is -0.234. The standard InChI is InChI=1S/C21H27N3O3S/c1-5-24(16(2)3)20-13-11-18(12-14-20)22-21(25)15-8-17-6-9-19(10-7-17)23-28(4,26)27/h6-16,23H,5H2,1-4H3,(H,22,25)/b15-8+. The van der Waals surface area contributed by atoms with Crippen LogP contribution in [0.2, 0.25) is 0 Å². The number of carbonyl (C=O) groups excluding carboxylic acids is 1.